The van der Waals surface area contributed by atoms with Gasteiger partial charge in [0.2, 0.25) is 0 Å². The molecule has 2 aromatic heterocycles. The molecule has 0 unspecified atom stereocenters. The minimum absolute atomic E-state index is 0.0781. The molecule has 0 spiro atoms. The summed E-state index contributed by atoms with van der Waals surface area (Å²) >= 11 is 0. The molecule has 0 atom stereocenters. The van der Waals surface area contributed by atoms with Crippen LogP contribution < -0.4 is 57.8 Å². The second-order valence-electron chi connectivity index (χ2n) is 25.5. The fourth-order valence-electron chi connectivity index (χ4n) is 13.8. The van der Waals surface area contributed by atoms with Crippen LogP contribution in [-0.4, -0.2) is 50.4 Å². The number of alkyl halides is 6. The zero-order valence-electron chi connectivity index (χ0n) is 54.5. The van der Waals surface area contributed by atoms with Gasteiger partial charge in [-0.05, 0) is 113 Å². The van der Waals surface area contributed by atoms with E-state index in [2.05, 4.69) is 56.2 Å². The van der Waals surface area contributed by atoms with Crippen LogP contribution in [0.4, 0.5) is 86.8 Å². The van der Waals surface area contributed by atoms with Crippen molar-refractivity contribution < 1.29 is 81.1 Å². The molecule has 0 saturated carbocycles. The van der Waals surface area contributed by atoms with Crippen molar-refractivity contribution >= 4 is 66.4 Å². The van der Waals surface area contributed by atoms with Crippen LogP contribution in [0.25, 0.3) is 32.3 Å². The maximum atomic E-state index is 14.3. The van der Waals surface area contributed by atoms with E-state index < -0.39 is 58.4 Å². The van der Waals surface area contributed by atoms with Gasteiger partial charge in [0.25, 0.3) is 0 Å². The van der Waals surface area contributed by atoms with Gasteiger partial charge in [-0.3, -0.25) is 9.97 Å². The molecule has 0 bridgehead atoms. The Morgan fingerprint density at radius 1 is 0.298 bits per heavy atom. The Hall–Kier alpha value is -12.0. The molecule has 0 aliphatic carbocycles. The van der Waals surface area contributed by atoms with Crippen molar-refractivity contribution in [3.05, 3.63) is 274 Å². The first-order valence-electron chi connectivity index (χ1n) is 32.7. The van der Waals surface area contributed by atoms with E-state index >= 15 is 0 Å². The summed E-state index contributed by atoms with van der Waals surface area (Å²) in [4.78, 5) is 18.9. The lowest BCUT2D eigenvalue weighted by Crippen LogP contribution is -2.33. The highest BCUT2D eigenvalue weighted by atomic mass is 19.4. The highest BCUT2D eigenvalue weighted by Crippen LogP contribution is 2.46. The Morgan fingerprint density at radius 3 is 1.07 bits per heavy atom. The van der Waals surface area contributed by atoms with E-state index in [1.165, 1.54) is 27.5 Å². The Morgan fingerprint density at radius 2 is 0.644 bits per heavy atom. The van der Waals surface area contributed by atoms with E-state index in [4.69, 9.17) is 28.4 Å². The fourth-order valence-corrected chi connectivity index (χ4v) is 13.8. The Balaban J connectivity index is 0.000000121. The van der Waals surface area contributed by atoms with Gasteiger partial charge in [-0.15, -0.1) is 0 Å². The quantitative estimate of drug-likeness (QED) is 0.148. The predicted molar refractivity (Wildman–Crippen MR) is 366 cm³/mol. The average molecular weight is 1430 g/mol. The molecule has 6 aliphatic rings. The third-order valence-electron chi connectivity index (χ3n) is 18.8. The SMILES string of the molecule is FC(F)(F)c1cccc(N2COc3c(ccc4c5c(ccc34)CN(c3cccc(C(F)(F)F)c3)CO5)C2)c1.Fc1cc(F)c(N2COc3cc4cc5c(cc4cc3C2)CN(c2c(F)cc(F)cc2F)CO5)c(F)c1.c1cncc(N2COc3cc4ccc5c(c4cc3C2)OCN(c2cccnc2)C5)c1. The summed E-state index contributed by atoms with van der Waals surface area (Å²) < 4.78 is 199. The topological polar surface area (TPSA) is 101 Å². The molecule has 104 heavy (non-hydrogen) atoms. The van der Waals surface area contributed by atoms with E-state index in [1.54, 1.807) is 58.6 Å². The molecule has 0 saturated heterocycles. The van der Waals surface area contributed by atoms with Crippen molar-refractivity contribution in [2.45, 2.75) is 51.6 Å². The molecule has 0 N–H and O–H groups in total. The summed E-state index contributed by atoms with van der Waals surface area (Å²) in [5.41, 5.74) is 5.98. The highest BCUT2D eigenvalue weighted by Gasteiger charge is 2.35. The first-order chi connectivity index (χ1) is 50.2. The Labute approximate surface area is 585 Å². The number of benzene rings is 10. The maximum absolute atomic E-state index is 14.3. The van der Waals surface area contributed by atoms with Crippen molar-refractivity contribution in [2.75, 3.05) is 69.8 Å². The highest BCUT2D eigenvalue weighted by molar-refractivity contribution is 5.96. The number of ether oxygens (including phenoxy) is 6. The first-order valence-corrected chi connectivity index (χ1v) is 32.7. The zero-order valence-corrected chi connectivity index (χ0v) is 54.5. The van der Waals surface area contributed by atoms with Gasteiger partial charge < -0.3 is 57.8 Å². The number of hydrogen-bond acceptors (Lipinski definition) is 14. The van der Waals surface area contributed by atoms with Gasteiger partial charge in [0.15, 0.2) is 63.7 Å². The number of hydrogen-bond donors (Lipinski definition) is 0. The molecule has 10 aromatic carbocycles. The second kappa shape index (κ2) is 26.8. The normalized spacial score (nSPS) is 15.2. The molecule has 528 valence electrons. The lowest BCUT2D eigenvalue weighted by Gasteiger charge is -2.34. The summed E-state index contributed by atoms with van der Waals surface area (Å²) in [6, 6.07) is 44.0. The van der Waals surface area contributed by atoms with Crippen LogP contribution >= 0.6 is 0 Å². The standard InChI is InChI=1S/C28H20F6N2O2.C26H16F6N2O2.C24H20N4O2/c29-27(30,31)19-3-1-5-21(11-19)35-13-17-7-9-24-23(25(17)37-15-35)10-8-18-14-36(16-38-26(18)24)22-6-2-4-20(12-22)28(32,33)34;27-17-5-19(29)25(20(30)6-17)33-9-15-1-13-2-16-10-34(26-21(31)7-18(28)8-22(26)32)12-36-24(16)4-14(13)3-23(15)35-11-33;1-3-20(11-25-7-1)27-13-18-6-5-17-10-23-19(9-22(17)24(18)30-16-27)14-28(15-29-23)21-4-2-8-26-12-21/h1-12H,13-16H2;1-8H,9-12H2;1-12H,13-16H2. The molecule has 6 aliphatic heterocycles. The lowest BCUT2D eigenvalue weighted by molar-refractivity contribution is -0.138. The van der Waals surface area contributed by atoms with Crippen molar-refractivity contribution in [3.8, 4) is 34.5 Å². The molecule has 18 rings (SSSR count). The fraction of sp³-hybridized carbons (Fsp3) is 0.179. The van der Waals surface area contributed by atoms with Crippen molar-refractivity contribution in [2.24, 2.45) is 0 Å². The van der Waals surface area contributed by atoms with E-state index in [9.17, 15) is 52.7 Å². The van der Waals surface area contributed by atoms with Crippen LogP contribution in [0.3, 0.4) is 0 Å². The van der Waals surface area contributed by atoms with Crippen LogP contribution in [0.2, 0.25) is 0 Å². The van der Waals surface area contributed by atoms with Gasteiger partial charge in [-0.2, -0.15) is 26.3 Å². The molecule has 14 nitrogen and oxygen atoms in total. The molecule has 0 radical (unpaired) electrons. The first kappa shape index (κ1) is 66.6. The number of fused-ring (bicyclic) bond motifs is 12. The summed E-state index contributed by atoms with van der Waals surface area (Å²) in [5.74, 6) is -1.94. The summed E-state index contributed by atoms with van der Waals surface area (Å²) in [6.45, 7) is 3.44. The summed E-state index contributed by atoms with van der Waals surface area (Å²) in [6.07, 6.45) is -1.55. The Kier molecular flexibility index (Phi) is 17.1. The maximum Gasteiger partial charge on any atom is 0.416 e. The van der Waals surface area contributed by atoms with Crippen LogP contribution in [0, 0.1) is 34.9 Å². The van der Waals surface area contributed by atoms with Gasteiger partial charge >= 0.3 is 12.4 Å². The van der Waals surface area contributed by atoms with Crippen LogP contribution in [0.5, 0.6) is 34.5 Å². The third kappa shape index (κ3) is 13.1. The minimum Gasteiger partial charge on any atom is -0.473 e. The summed E-state index contributed by atoms with van der Waals surface area (Å²) in [7, 11) is 0. The van der Waals surface area contributed by atoms with Crippen LogP contribution in [-0.2, 0) is 51.6 Å². The molecule has 0 amide bonds. The second-order valence-corrected chi connectivity index (χ2v) is 25.5. The largest absolute Gasteiger partial charge is 0.473 e. The number of rotatable bonds is 6. The van der Waals surface area contributed by atoms with Crippen molar-refractivity contribution in [3.63, 3.8) is 0 Å². The number of nitrogens with zero attached hydrogens (tertiary/aromatic N) is 8. The van der Waals surface area contributed by atoms with Gasteiger partial charge in [0.1, 0.15) is 57.5 Å². The molecular formula is C78H56F12N8O6. The van der Waals surface area contributed by atoms with E-state index in [0.29, 0.717) is 96.3 Å². The van der Waals surface area contributed by atoms with Gasteiger partial charge in [0, 0.05) is 124 Å². The molecule has 12 aromatic rings. The third-order valence-corrected chi connectivity index (χ3v) is 18.8. The number of pyridine rings is 2. The van der Waals surface area contributed by atoms with E-state index in [1.807, 2.05) is 48.8 Å². The van der Waals surface area contributed by atoms with Crippen molar-refractivity contribution in [1.29, 1.82) is 0 Å². The Bertz CT molecular complexity index is 5060. The average Bonchev–Trinajstić information content (AvgIpc) is 0.761. The zero-order chi connectivity index (χ0) is 71.7. The summed E-state index contributed by atoms with van der Waals surface area (Å²) in [5, 5.41) is 5.39. The van der Waals surface area contributed by atoms with Gasteiger partial charge in [-0.1, -0.05) is 48.5 Å². The van der Waals surface area contributed by atoms with E-state index in [-0.39, 0.29) is 51.4 Å². The predicted octanol–water partition coefficient (Wildman–Crippen LogP) is 18.3. The smallest absolute Gasteiger partial charge is 0.416 e. The van der Waals surface area contributed by atoms with Crippen LogP contribution in [0.1, 0.15) is 44.5 Å². The number of aromatic nitrogens is 2. The molecular weight excluding hydrogens is 1370 g/mol. The molecule has 8 heterocycles. The van der Waals surface area contributed by atoms with Gasteiger partial charge in [0.05, 0.1) is 48.0 Å². The van der Waals surface area contributed by atoms with Crippen LogP contribution in [0.15, 0.2) is 195 Å². The molecule has 26 heteroatoms. The monoisotopic (exact) mass is 1430 g/mol. The minimum atomic E-state index is -4.43. The van der Waals surface area contributed by atoms with Gasteiger partial charge in [-0.25, -0.2) is 26.3 Å². The van der Waals surface area contributed by atoms with Crippen molar-refractivity contribution in [1.82, 2.24) is 9.97 Å². The molecule has 0 fully saturated rings. The number of halogens is 12. The van der Waals surface area contributed by atoms with E-state index in [0.717, 1.165) is 109 Å². The number of anilines is 6. The lowest BCUT2D eigenvalue weighted by atomic mass is 9.99.